The second-order valence-electron chi connectivity index (χ2n) is 8.60. The van der Waals surface area contributed by atoms with Crippen molar-refractivity contribution in [2.45, 2.75) is 59.4 Å². The number of carbonyl (C=O) groups is 1. The van der Waals surface area contributed by atoms with Crippen molar-refractivity contribution < 1.29 is 4.79 Å². The van der Waals surface area contributed by atoms with Gasteiger partial charge in [-0.3, -0.25) is 14.2 Å². The Labute approximate surface area is 165 Å². The molecule has 1 fully saturated rings. The lowest BCUT2D eigenvalue weighted by Gasteiger charge is -2.30. The third-order valence-corrected chi connectivity index (χ3v) is 6.14. The molecule has 148 valence electrons. The number of aromatic nitrogens is 2. The highest BCUT2D eigenvalue weighted by atomic mass is 16.2. The third-order valence-electron chi connectivity index (χ3n) is 6.14. The van der Waals surface area contributed by atoms with E-state index in [1.54, 1.807) is 22.8 Å². The van der Waals surface area contributed by atoms with Gasteiger partial charge in [-0.05, 0) is 55.7 Å². The van der Waals surface area contributed by atoms with Crippen molar-refractivity contribution in [2.75, 3.05) is 0 Å². The summed E-state index contributed by atoms with van der Waals surface area (Å²) < 4.78 is 1.74. The number of benzene rings is 1. The smallest absolute Gasteiger partial charge is 0.271 e. The average molecular weight is 380 g/mol. The van der Waals surface area contributed by atoms with E-state index in [0.717, 1.165) is 43.8 Å². The van der Waals surface area contributed by atoms with Crippen LogP contribution >= 0.6 is 0 Å². The van der Waals surface area contributed by atoms with Crippen molar-refractivity contribution in [2.24, 2.45) is 22.9 Å². The summed E-state index contributed by atoms with van der Waals surface area (Å²) in [6.45, 7) is 7.39. The molecule has 0 saturated heterocycles. The highest BCUT2D eigenvalue weighted by Crippen LogP contribution is 2.31. The molecule has 28 heavy (non-hydrogen) atoms. The van der Waals surface area contributed by atoms with Crippen LogP contribution in [0.2, 0.25) is 0 Å². The Kier molecular flexibility index (Phi) is 5.04. The molecular formula is C22H28N4O2. The Morgan fingerprint density at radius 2 is 2.14 bits per heavy atom. The minimum Gasteiger partial charge on any atom is -0.296 e. The fourth-order valence-corrected chi connectivity index (χ4v) is 4.50. The molecule has 1 N–H and O–H groups in total. The van der Waals surface area contributed by atoms with E-state index in [1.165, 1.54) is 6.42 Å². The summed E-state index contributed by atoms with van der Waals surface area (Å²) in [5.41, 5.74) is 4.90. The summed E-state index contributed by atoms with van der Waals surface area (Å²) in [6.07, 6.45) is 5.03. The topological polar surface area (TPSA) is 76.3 Å². The van der Waals surface area contributed by atoms with Gasteiger partial charge in [0, 0.05) is 30.2 Å². The van der Waals surface area contributed by atoms with Crippen molar-refractivity contribution in [3.05, 3.63) is 39.9 Å². The number of nitrogens with one attached hydrogen (secondary N) is 1. The van der Waals surface area contributed by atoms with Crippen LogP contribution in [0.1, 0.15) is 62.6 Å². The molecule has 1 aliphatic carbocycles. The van der Waals surface area contributed by atoms with Crippen molar-refractivity contribution in [3.63, 3.8) is 0 Å². The van der Waals surface area contributed by atoms with Crippen molar-refractivity contribution >= 4 is 22.5 Å². The number of aryl methyl sites for hydroxylation is 1. The summed E-state index contributed by atoms with van der Waals surface area (Å²) in [4.78, 5) is 29.8. The van der Waals surface area contributed by atoms with Crippen LogP contribution in [0.15, 0.2) is 28.1 Å². The molecule has 2 aliphatic rings. The van der Waals surface area contributed by atoms with E-state index in [9.17, 15) is 9.59 Å². The minimum atomic E-state index is -0.252. The van der Waals surface area contributed by atoms with E-state index in [4.69, 9.17) is 0 Å². The second kappa shape index (κ2) is 7.49. The van der Waals surface area contributed by atoms with Crippen LogP contribution in [0, 0.1) is 17.8 Å². The van der Waals surface area contributed by atoms with Crippen LogP contribution in [-0.4, -0.2) is 21.2 Å². The number of fused-ring (bicyclic) bond motifs is 2. The predicted molar refractivity (Wildman–Crippen MR) is 111 cm³/mol. The Morgan fingerprint density at radius 3 is 2.93 bits per heavy atom. The third kappa shape index (κ3) is 3.48. The van der Waals surface area contributed by atoms with Gasteiger partial charge in [0.2, 0.25) is 0 Å². The first-order valence-corrected chi connectivity index (χ1v) is 10.3. The Balaban J connectivity index is 1.59. The Bertz CT molecular complexity index is 1010. The average Bonchev–Trinajstić information content (AvgIpc) is 3.14. The van der Waals surface area contributed by atoms with E-state index in [2.05, 4.69) is 36.3 Å². The molecule has 6 nitrogen and oxygen atoms in total. The first kappa shape index (κ1) is 18.8. The van der Waals surface area contributed by atoms with Gasteiger partial charge in [-0.2, -0.15) is 5.10 Å². The van der Waals surface area contributed by atoms with Gasteiger partial charge in [-0.1, -0.05) is 20.8 Å². The molecule has 0 bridgehead atoms. The molecule has 0 radical (unpaired) electrons. The lowest BCUT2D eigenvalue weighted by molar-refractivity contribution is 0.0954. The second-order valence-corrected chi connectivity index (χ2v) is 8.60. The van der Waals surface area contributed by atoms with Gasteiger partial charge in [-0.25, -0.2) is 10.4 Å². The van der Waals surface area contributed by atoms with E-state index >= 15 is 0 Å². The van der Waals surface area contributed by atoms with Crippen molar-refractivity contribution in [3.8, 4) is 0 Å². The molecule has 1 aromatic carbocycles. The first-order valence-electron chi connectivity index (χ1n) is 10.3. The number of amides is 1. The molecule has 1 aromatic heterocycles. The van der Waals surface area contributed by atoms with E-state index in [1.807, 2.05) is 0 Å². The molecule has 1 aliphatic heterocycles. The standard InChI is InChI=1S/C22H28N4O2/c1-13(2)16-8-6-14(3)11-19(16)24-25-21(27)15-7-9-17-18(12-15)23-20-5-4-10-26(20)22(17)28/h7,9,12-14,16H,4-6,8,10-11H2,1-3H3,(H,25,27)/t14-,16-/m1/s1. The van der Waals surface area contributed by atoms with Gasteiger partial charge in [0.1, 0.15) is 5.82 Å². The normalized spacial score (nSPS) is 23.4. The molecule has 4 rings (SSSR count). The molecule has 1 saturated carbocycles. The fourth-order valence-electron chi connectivity index (χ4n) is 4.50. The zero-order valence-corrected chi connectivity index (χ0v) is 16.9. The van der Waals surface area contributed by atoms with Crippen molar-refractivity contribution in [1.82, 2.24) is 15.0 Å². The molecular weight excluding hydrogens is 352 g/mol. The minimum absolute atomic E-state index is 0.0133. The first-order chi connectivity index (χ1) is 13.4. The number of hydrogen-bond donors (Lipinski definition) is 1. The van der Waals surface area contributed by atoms with Crippen LogP contribution in [0.4, 0.5) is 0 Å². The highest BCUT2D eigenvalue weighted by Gasteiger charge is 2.27. The van der Waals surface area contributed by atoms with E-state index < -0.39 is 0 Å². The number of nitrogens with zero attached hydrogens (tertiary/aromatic N) is 3. The number of hydrogen-bond acceptors (Lipinski definition) is 4. The zero-order valence-electron chi connectivity index (χ0n) is 16.9. The quantitative estimate of drug-likeness (QED) is 0.828. The Morgan fingerprint density at radius 1 is 1.32 bits per heavy atom. The summed E-state index contributed by atoms with van der Waals surface area (Å²) in [5.74, 6) is 2.11. The molecule has 1 amide bonds. The summed E-state index contributed by atoms with van der Waals surface area (Å²) in [6, 6.07) is 5.10. The summed E-state index contributed by atoms with van der Waals surface area (Å²) >= 11 is 0. The van der Waals surface area contributed by atoms with Gasteiger partial charge in [-0.15, -0.1) is 0 Å². The maximum Gasteiger partial charge on any atom is 0.271 e. The van der Waals surface area contributed by atoms with Crippen LogP contribution in [-0.2, 0) is 13.0 Å². The SMILES string of the molecule is CC(C)[C@H]1CC[C@@H](C)CC1=NNC(=O)c1ccc2c(=O)n3c(nc2c1)CCC3. The highest BCUT2D eigenvalue weighted by molar-refractivity contribution is 5.98. The predicted octanol–water partition coefficient (Wildman–Crippen LogP) is 3.52. The van der Waals surface area contributed by atoms with Crippen LogP contribution in [0.25, 0.3) is 10.9 Å². The Hall–Kier alpha value is -2.50. The van der Waals surface area contributed by atoms with E-state index in [0.29, 0.717) is 34.2 Å². The van der Waals surface area contributed by atoms with Gasteiger partial charge >= 0.3 is 0 Å². The summed E-state index contributed by atoms with van der Waals surface area (Å²) in [5, 5.41) is 5.06. The van der Waals surface area contributed by atoms with Gasteiger partial charge in [0.05, 0.1) is 10.9 Å². The maximum absolute atomic E-state index is 12.7. The van der Waals surface area contributed by atoms with Crippen LogP contribution < -0.4 is 11.0 Å². The zero-order chi connectivity index (χ0) is 19.8. The van der Waals surface area contributed by atoms with Gasteiger partial charge < -0.3 is 0 Å². The monoisotopic (exact) mass is 380 g/mol. The maximum atomic E-state index is 12.7. The molecule has 2 atom stereocenters. The lowest BCUT2D eigenvalue weighted by Crippen LogP contribution is -2.31. The summed E-state index contributed by atoms with van der Waals surface area (Å²) in [7, 11) is 0. The van der Waals surface area contributed by atoms with E-state index in [-0.39, 0.29) is 11.5 Å². The largest absolute Gasteiger partial charge is 0.296 e. The molecule has 2 heterocycles. The number of hydrazone groups is 1. The van der Waals surface area contributed by atoms with Crippen LogP contribution in [0.5, 0.6) is 0 Å². The van der Waals surface area contributed by atoms with Gasteiger partial charge in [0.25, 0.3) is 11.5 Å². The molecule has 2 aromatic rings. The molecule has 0 spiro atoms. The number of carbonyl (C=O) groups excluding carboxylic acids is 1. The fraction of sp³-hybridized carbons (Fsp3) is 0.545. The molecule has 0 unspecified atom stereocenters. The number of rotatable bonds is 3. The van der Waals surface area contributed by atoms with Crippen molar-refractivity contribution in [1.29, 1.82) is 0 Å². The van der Waals surface area contributed by atoms with Gasteiger partial charge in [0.15, 0.2) is 0 Å². The lowest BCUT2D eigenvalue weighted by atomic mass is 9.76. The van der Waals surface area contributed by atoms with Crippen LogP contribution in [0.3, 0.4) is 0 Å². The molecule has 6 heteroatoms.